The molecular formula is C23H22FN8O2P. The van der Waals surface area contributed by atoms with E-state index in [-0.39, 0.29) is 17.3 Å². The van der Waals surface area contributed by atoms with Crippen molar-refractivity contribution in [2.24, 2.45) is 7.05 Å². The van der Waals surface area contributed by atoms with Gasteiger partial charge in [0.2, 0.25) is 11.7 Å². The molecule has 1 N–H and O–H groups in total. The average molecular weight is 492 g/mol. The summed E-state index contributed by atoms with van der Waals surface area (Å²) in [6, 6.07) is 5.31. The molecule has 0 spiro atoms. The van der Waals surface area contributed by atoms with Crippen LogP contribution in [0.2, 0.25) is 0 Å². The number of oxazole rings is 1. The van der Waals surface area contributed by atoms with E-state index in [2.05, 4.69) is 19.9 Å². The molecule has 0 saturated heterocycles. The maximum atomic E-state index is 14.6. The van der Waals surface area contributed by atoms with E-state index in [0.717, 1.165) is 16.8 Å². The number of imidazole rings is 2. The molecule has 1 amide bonds. The van der Waals surface area contributed by atoms with Crippen molar-refractivity contribution >= 4 is 20.7 Å². The summed E-state index contributed by atoms with van der Waals surface area (Å²) in [5, 5.41) is 4.75. The molecule has 0 bridgehead atoms. The number of nitrogens with one attached hydrogen (secondary N) is 1. The first kappa shape index (κ1) is 21.7. The molecule has 0 fully saturated rings. The number of rotatable bonds is 4. The number of H-pyrrole nitrogens is 1. The van der Waals surface area contributed by atoms with Gasteiger partial charge in [0.25, 0.3) is 5.91 Å². The second-order valence-corrected chi connectivity index (χ2v) is 9.15. The zero-order valence-electron chi connectivity index (χ0n) is 19.0. The van der Waals surface area contributed by atoms with Crippen molar-refractivity contribution < 1.29 is 13.6 Å². The molecule has 6 rings (SSSR count). The number of hydrogen-bond donors (Lipinski definition) is 1. The van der Waals surface area contributed by atoms with E-state index in [1.54, 1.807) is 39.9 Å². The fourth-order valence-corrected chi connectivity index (χ4v) is 4.77. The Bertz CT molecular complexity index is 1560. The van der Waals surface area contributed by atoms with Gasteiger partial charge >= 0.3 is 0 Å². The summed E-state index contributed by atoms with van der Waals surface area (Å²) < 4.78 is 23.9. The summed E-state index contributed by atoms with van der Waals surface area (Å²) >= 11 is 0. The molecule has 5 aromatic rings. The topological polar surface area (TPSA) is 110 Å². The molecule has 0 radical (unpaired) electrons. The van der Waals surface area contributed by atoms with Gasteiger partial charge in [0, 0.05) is 38.1 Å². The Kier molecular flexibility index (Phi) is 5.03. The highest BCUT2D eigenvalue weighted by Crippen LogP contribution is 2.37. The van der Waals surface area contributed by atoms with Crippen molar-refractivity contribution in [1.82, 2.24) is 39.0 Å². The van der Waals surface area contributed by atoms with Crippen LogP contribution in [-0.4, -0.2) is 51.5 Å². The molecule has 3 atom stereocenters. The zero-order chi connectivity index (χ0) is 24.3. The second kappa shape index (κ2) is 8.13. The third kappa shape index (κ3) is 3.54. The number of fused-ring (bicyclic) bond motifs is 2. The molecule has 6 heterocycles. The van der Waals surface area contributed by atoms with E-state index in [1.165, 1.54) is 0 Å². The van der Waals surface area contributed by atoms with Gasteiger partial charge in [-0.25, -0.2) is 23.9 Å². The molecule has 1 aliphatic heterocycles. The Hall–Kier alpha value is -3.85. The number of aromatic nitrogens is 7. The standard InChI is InChI=1S/C23H22FN8O2P/c1-12-4-3-6-32-16(12)8-14(29-32)19-17-13(25-10-26-17)5-7-31(19)23(33)20-18(21(24)35)28-22(34-20)15-9-30(2)11-27-15/h3-4,6,8-11,19,21H,5,7,35H2,1-2H3,(H,25,26)/t19-,21?/m1/s1. The number of alkyl halides is 1. The fourth-order valence-electron chi connectivity index (χ4n) is 4.54. The van der Waals surface area contributed by atoms with E-state index in [4.69, 9.17) is 9.52 Å². The first-order valence-electron chi connectivity index (χ1n) is 11.1. The van der Waals surface area contributed by atoms with Crippen LogP contribution in [-0.2, 0) is 13.5 Å². The molecule has 2 unspecified atom stereocenters. The minimum Gasteiger partial charge on any atom is -0.429 e. The van der Waals surface area contributed by atoms with Gasteiger partial charge in [0.15, 0.2) is 5.91 Å². The highest BCUT2D eigenvalue weighted by molar-refractivity contribution is 7.16. The summed E-state index contributed by atoms with van der Waals surface area (Å²) in [7, 11) is 3.84. The first-order chi connectivity index (χ1) is 16.9. The predicted molar refractivity (Wildman–Crippen MR) is 127 cm³/mol. The number of amides is 1. The average Bonchev–Trinajstić information content (AvgIpc) is 3.62. The highest BCUT2D eigenvalue weighted by atomic mass is 31.0. The maximum Gasteiger partial charge on any atom is 0.292 e. The number of aromatic amines is 1. The molecule has 178 valence electrons. The van der Waals surface area contributed by atoms with Crippen LogP contribution in [0.5, 0.6) is 0 Å². The van der Waals surface area contributed by atoms with Crippen LogP contribution in [0.25, 0.3) is 17.1 Å². The van der Waals surface area contributed by atoms with Crippen molar-refractivity contribution in [3.63, 3.8) is 0 Å². The molecule has 1 aliphatic rings. The zero-order valence-corrected chi connectivity index (χ0v) is 20.2. The van der Waals surface area contributed by atoms with E-state index < -0.39 is 17.9 Å². The van der Waals surface area contributed by atoms with Crippen LogP contribution in [0, 0.1) is 6.92 Å². The molecule has 12 heteroatoms. The normalized spacial score (nSPS) is 16.6. The van der Waals surface area contributed by atoms with Crippen LogP contribution >= 0.6 is 9.24 Å². The Morgan fingerprint density at radius 1 is 1.37 bits per heavy atom. The molecule has 0 aromatic carbocycles. The van der Waals surface area contributed by atoms with E-state index in [1.807, 2.05) is 40.6 Å². The van der Waals surface area contributed by atoms with Crippen LogP contribution < -0.4 is 0 Å². The van der Waals surface area contributed by atoms with E-state index >= 15 is 0 Å². The molecule has 10 nitrogen and oxygen atoms in total. The maximum absolute atomic E-state index is 14.6. The molecule has 0 aliphatic carbocycles. The summed E-state index contributed by atoms with van der Waals surface area (Å²) in [4.78, 5) is 31.7. The van der Waals surface area contributed by atoms with Gasteiger partial charge in [-0.3, -0.25) is 4.79 Å². The van der Waals surface area contributed by atoms with Crippen LogP contribution in [0.15, 0.2) is 47.7 Å². The number of pyridine rings is 1. The lowest BCUT2D eigenvalue weighted by Crippen LogP contribution is -2.41. The lowest BCUT2D eigenvalue weighted by Gasteiger charge is -2.33. The lowest BCUT2D eigenvalue weighted by molar-refractivity contribution is 0.0652. The highest BCUT2D eigenvalue weighted by Gasteiger charge is 2.39. The van der Waals surface area contributed by atoms with Gasteiger partial charge < -0.3 is 18.9 Å². The van der Waals surface area contributed by atoms with Crippen LogP contribution in [0.1, 0.15) is 50.8 Å². The Morgan fingerprint density at radius 3 is 2.97 bits per heavy atom. The van der Waals surface area contributed by atoms with Gasteiger partial charge in [0.1, 0.15) is 17.4 Å². The summed E-state index contributed by atoms with van der Waals surface area (Å²) in [5.41, 5.74) is 4.63. The Morgan fingerprint density at radius 2 is 2.23 bits per heavy atom. The Balaban J connectivity index is 1.46. The molecular weight excluding hydrogens is 470 g/mol. The molecule has 5 aromatic heterocycles. The number of carbonyl (C=O) groups excluding carboxylic acids is 1. The minimum atomic E-state index is -1.59. The first-order valence-corrected chi connectivity index (χ1v) is 11.7. The third-order valence-electron chi connectivity index (χ3n) is 6.23. The summed E-state index contributed by atoms with van der Waals surface area (Å²) in [6.07, 6.45) is 7.33. The number of carbonyl (C=O) groups is 1. The number of nitrogens with zero attached hydrogens (tertiary/aromatic N) is 7. The predicted octanol–water partition coefficient (Wildman–Crippen LogP) is 3.39. The quantitative estimate of drug-likeness (QED) is 0.385. The van der Waals surface area contributed by atoms with E-state index in [0.29, 0.717) is 30.0 Å². The fraction of sp³-hybridized carbons (Fsp3) is 0.261. The van der Waals surface area contributed by atoms with Crippen molar-refractivity contribution in [1.29, 1.82) is 0 Å². The van der Waals surface area contributed by atoms with Crippen molar-refractivity contribution in [3.8, 4) is 11.6 Å². The van der Waals surface area contributed by atoms with Gasteiger partial charge in [-0.2, -0.15) is 5.10 Å². The van der Waals surface area contributed by atoms with Crippen molar-refractivity contribution in [3.05, 3.63) is 77.3 Å². The summed E-state index contributed by atoms with van der Waals surface area (Å²) in [6.45, 7) is 2.38. The van der Waals surface area contributed by atoms with E-state index in [9.17, 15) is 9.18 Å². The Labute approximate surface area is 201 Å². The molecule has 35 heavy (non-hydrogen) atoms. The minimum absolute atomic E-state index is 0.0851. The largest absolute Gasteiger partial charge is 0.429 e. The number of halogens is 1. The van der Waals surface area contributed by atoms with Gasteiger partial charge in [-0.1, -0.05) is 15.3 Å². The van der Waals surface area contributed by atoms with Crippen LogP contribution in [0.4, 0.5) is 4.39 Å². The van der Waals surface area contributed by atoms with Crippen LogP contribution in [0.3, 0.4) is 0 Å². The monoisotopic (exact) mass is 492 g/mol. The number of hydrogen-bond acceptors (Lipinski definition) is 6. The summed E-state index contributed by atoms with van der Waals surface area (Å²) in [5.74, 6) is -2.13. The van der Waals surface area contributed by atoms with Crippen molar-refractivity contribution in [2.45, 2.75) is 25.3 Å². The SMILES string of the molecule is Cc1cccn2nc([C@@H]3c4nc[nH]c4CCN3C(=O)c3oc(-c4cn(C)cn4)nc3C(F)P)cc12. The second-order valence-electron chi connectivity index (χ2n) is 8.57. The third-order valence-corrected chi connectivity index (χ3v) is 6.55. The van der Waals surface area contributed by atoms with Gasteiger partial charge in [-0.15, -0.1) is 0 Å². The molecule has 0 saturated carbocycles. The smallest absolute Gasteiger partial charge is 0.292 e. The lowest BCUT2D eigenvalue weighted by atomic mass is 9.99. The number of aryl methyl sites for hydroxylation is 2. The van der Waals surface area contributed by atoms with Gasteiger partial charge in [-0.05, 0) is 24.6 Å². The van der Waals surface area contributed by atoms with Crippen molar-refractivity contribution in [2.75, 3.05) is 6.54 Å². The van der Waals surface area contributed by atoms with Gasteiger partial charge in [0.05, 0.1) is 29.6 Å².